The van der Waals surface area contributed by atoms with E-state index < -0.39 is 0 Å². The zero-order valence-corrected chi connectivity index (χ0v) is 22.8. The number of anilines is 1. The van der Waals surface area contributed by atoms with Gasteiger partial charge in [0.15, 0.2) is 11.5 Å². The maximum Gasteiger partial charge on any atom is 0.251 e. The van der Waals surface area contributed by atoms with Crippen molar-refractivity contribution in [3.05, 3.63) is 64.4 Å². The topological polar surface area (TPSA) is 72.5 Å². The molecule has 0 aliphatic carbocycles. The number of carbonyl (C=O) groups is 1. The quantitative estimate of drug-likeness (QED) is 0.419. The lowest BCUT2D eigenvalue weighted by Crippen LogP contribution is -2.52. The van der Waals surface area contributed by atoms with Gasteiger partial charge in [-0.3, -0.25) is 9.69 Å². The summed E-state index contributed by atoms with van der Waals surface area (Å²) in [6, 6.07) is 15.6. The third-order valence-corrected chi connectivity index (χ3v) is 7.67. The van der Waals surface area contributed by atoms with Crippen LogP contribution in [0.25, 0.3) is 0 Å². The van der Waals surface area contributed by atoms with E-state index in [0.717, 1.165) is 37.6 Å². The van der Waals surface area contributed by atoms with E-state index in [1.165, 1.54) is 4.88 Å². The predicted molar refractivity (Wildman–Crippen MR) is 147 cm³/mol. The Morgan fingerprint density at radius 2 is 1.51 bits per heavy atom. The predicted octanol–water partition coefficient (Wildman–Crippen LogP) is 4.46. The largest absolute Gasteiger partial charge is 0.495 e. The van der Waals surface area contributed by atoms with Crippen LogP contribution in [0, 0.1) is 0 Å². The maximum atomic E-state index is 13.4. The molecule has 0 bridgehead atoms. The zero-order valence-electron chi connectivity index (χ0n) is 22.0. The standard InChI is InChI=1S/C28H35N3O5S/c1-19(29-28(32)20-17-23(34-3)27(36-5)24(18-20)35-4)26(25-11-8-16-37-25)31-14-12-30(13-15-31)21-9-6-7-10-22(21)33-2/h6-11,16-19,26H,12-15H2,1-5H3,(H,29,32). The van der Waals surface area contributed by atoms with Gasteiger partial charge in [-0.2, -0.15) is 0 Å². The Hall–Kier alpha value is -3.43. The molecule has 1 aliphatic rings. The lowest BCUT2D eigenvalue weighted by molar-refractivity contribution is 0.0889. The molecule has 198 valence electrons. The number of benzene rings is 2. The van der Waals surface area contributed by atoms with Crippen LogP contribution in [0.4, 0.5) is 5.69 Å². The number of carbonyl (C=O) groups excluding carboxylic acids is 1. The Kier molecular flexibility index (Phi) is 8.78. The second kappa shape index (κ2) is 12.2. The van der Waals surface area contributed by atoms with E-state index in [2.05, 4.69) is 45.6 Å². The van der Waals surface area contributed by atoms with Crippen LogP contribution in [0.3, 0.4) is 0 Å². The molecule has 8 nitrogen and oxygen atoms in total. The Labute approximate surface area is 222 Å². The van der Waals surface area contributed by atoms with Gasteiger partial charge in [0.05, 0.1) is 40.2 Å². The van der Waals surface area contributed by atoms with Gasteiger partial charge in [0.25, 0.3) is 5.91 Å². The van der Waals surface area contributed by atoms with Crippen molar-refractivity contribution in [1.82, 2.24) is 10.2 Å². The molecule has 2 aromatic carbocycles. The monoisotopic (exact) mass is 525 g/mol. The fourth-order valence-corrected chi connectivity index (χ4v) is 5.88. The van der Waals surface area contributed by atoms with Gasteiger partial charge in [-0.15, -0.1) is 11.3 Å². The number of amides is 1. The van der Waals surface area contributed by atoms with E-state index in [0.29, 0.717) is 22.8 Å². The van der Waals surface area contributed by atoms with Crippen molar-refractivity contribution in [2.75, 3.05) is 59.5 Å². The zero-order chi connectivity index (χ0) is 26.4. The molecule has 0 radical (unpaired) electrons. The number of rotatable bonds is 10. The third kappa shape index (κ3) is 5.78. The first-order chi connectivity index (χ1) is 18.0. The minimum absolute atomic E-state index is 0.0470. The highest BCUT2D eigenvalue weighted by atomic mass is 32.1. The van der Waals surface area contributed by atoms with E-state index in [1.54, 1.807) is 51.9 Å². The van der Waals surface area contributed by atoms with Crippen LogP contribution >= 0.6 is 11.3 Å². The average Bonchev–Trinajstić information content (AvgIpc) is 3.46. The fourth-order valence-electron chi connectivity index (χ4n) is 4.92. The number of methoxy groups -OCH3 is 4. The second-order valence-electron chi connectivity index (χ2n) is 8.83. The van der Waals surface area contributed by atoms with Crippen LogP contribution in [0.5, 0.6) is 23.0 Å². The molecule has 2 atom stereocenters. The third-order valence-electron chi connectivity index (χ3n) is 6.73. The van der Waals surface area contributed by atoms with Crippen LogP contribution in [0.2, 0.25) is 0 Å². The molecule has 1 fully saturated rings. The molecule has 1 amide bonds. The summed E-state index contributed by atoms with van der Waals surface area (Å²) in [7, 11) is 6.33. The summed E-state index contributed by atoms with van der Waals surface area (Å²) in [5.41, 5.74) is 1.56. The van der Waals surface area contributed by atoms with E-state index in [-0.39, 0.29) is 18.0 Å². The summed E-state index contributed by atoms with van der Waals surface area (Å²) in [5, 5.41) is 5.31. The van der Waals surface area contributed by atoms with Crippen LogP contribution in [-0.2, 0) is 0 Å². The van der Waals surface area contributed by atoms with E-state index in [4.69, 9.17) is 18.9 Å². The molecule has 9 heteroatoms. The molecule has 0 spiro atoms. The molecular formula is C28H35N3O5S. The van der Waals surface area contributed by atoms with Gasteiger partial charge in [0, 0.05) is 42.7 Å². The number of para-hydroxylation sites is 2. The summed E-state index contributed by atoms with van der Waals surface area (Å²) >= 11 is 1.71. The summed E-state index contributed by atoms with van der Waals surface area (Å²) in [4.78, 5) is 19.4. The van der Waals surface area contributed by atoms with Gasteiger partial charge in [-0.25, -0.2) is 0 Å². The molecule has 1 N–H and O–H groups in total. The first-order valence-corrected chi connectivity index (χ1v) is 13.1. The number of hydrogen-bond acceptors (Lipinski definition) is 8. The van der Waals surface area contributed by atoms with Crippen LogP contribution in [0.15, 0.2) is 53.9 Å². The summed E-state index contributed by atoms with van der Waals surface area (Å²) in [6.45, 7) is 5.54. The molecule has 1 aromatic heterocycles. The first-order valence-electron chi connectivity index (χ1n) is 12.3. The van der Waals surface area contributed by atoms with Gasteiger partial charge >= 0.3 is 0 Å². The molecular weight excluding hydrogens is 490 g/mol. The number of thiophene rings is 1. The Balaban J connectivity index is 1.51. The number of nitrogens with zero attached hydrogens (tertiary/aromatic N) is 2. The SMILES string of the molecule is COc1ccccc1N1CCN(C(c2cccs2)C(C)NC(=O)c2cc(OC)c(OC)c(OC)c2)CC1. The maximum absolute atomic E-state index is 13.4. The molecule has 1 aliphatic heterocycles. The highest BCUT2D eigenvalue weighted by Gasteiger charge is 2.32. The summed E-state index contributed by atoms with van der Waals surface area (Å²) < 4.78 is 21.8. The Bertz CT molecular complexity index is 1150. The number of nitrogens with one attached hydrogen (secondary N) is 1. The molecule has 37 heavy (non-hydrogen) atoms. The highest BCUT2D eigenvalue weighted by Crippen LogP contribution is 2.38. The minimum atomic E-state index is -0.194. The van der Waals surface area contributed by atoms with Crippen LogP contribution in [-0.4, -0.2) is 71.5 Å². The van der Waals surface area contributed by atoms with Crippen molar-refractivity contribution < 1.29 is 23.7 Å². The van der Waals surface area contributed by atoms with Crippen LogP contribution in [0.1, 0.15) is 28.2 Å². The molecule has 4 rings (SSSR count). The second-order valence-corrected chi connectivity index (χ2v) is 9.81. The fraction of sp³-hybridized carbons (Fsp3) is 0.393. The van der Waals surface area contributed by atoms with Gasteiger partial charge in [-0.05, 0) is 42.6 Å². The van der Waals surface area contributed by atoms with Crippen LogP contribution < -0.4 is 29.2 Å². The Morgan fingerprint density at radius 3 is 2.08 bits per heavy atom. The van der Waals surface area contributed by atoms with Gasteiger partial charge in [-0.1, -0.05) is 18.2 Å². The molecule has 2 unspecified atom stereocenters. The molecule has 3 aromatic rings. The van der Waals surface area contributed by atoms with Gasteiger partial charge < -0.3 is 29.2 Å². The number of hydrogen-bond donors (Lipinski definition) is 1. The van der Waals surface area contributed by atoms with Gasteiger partial charge in [0.1, 0.15) is 5.75 Å². The normalized spacial score (nSPS) is 15.5. The molecule has 0 saturated carbocycles. The first kappa shape index (κ1) is 26.6. The van der Waals surface area contributed by atoms with E-state index >= 15 is 0 Å². The van der Waals surface area contributed by atoms with Crippen molar-refractivity contribution in [3.63, 3.8) is 0 Å². The molecule has 1 saturated heterocycles. The van der Waals surface area contributed by atoms with Crippen molar-refractivity contribution >= 4 is 22.9 Å². The smallest absolute Gasteiger partial charge is 0.251 e. The van der Waals surface area contributed by atoms with E-state index in [9.17, 15) is 4.79 Å². The highest BCUT2D eigenvalue weighted by molar-refractivity contribution is 7.10. The lowest BCUT2D eigenvalue weighted by atomic mass is 10.0. The minimum Gasteiger partial charge on any atom is -0.495 e. The lowest BCUT2D eigenvalue weighted by Gasteiger charge is -2.42. The number of piperazine rings is 1. The summed E-state index contributed by atoms with van der Waals surface area (Å²) in [6.07, 6.45) is 0. The Morgan fingerprint density at radius 1 is 0.865 bits per heavy atom. The van der Waals surface area contributed by atoms with Gasteiger partial charge in [0.2, 0.25) is 5.75 Å². The summed E-state index contributed by atoms with van der Waals surface area (Å²) in [5.74, 6) is 2.04. The molecule has 2 heterocycles. The van der Waals surface area contributed by atoms with E-state index in [1.807, 2.05) is 18.2 Å². The average molecular weight is 526 g/mol. The van der Waals surface area contributed by atoms with Crippen molar-refractivity contribution in [2.24, 2.45) is 0 Å². The van der Waals surface area contributed by atoms with Crippen molar-refractivity contribution in [3.8, 4) is 23.0 Å². The number of ether oxygens (including phenoxy) is 4. The van der Waals surface area contributed by atoms with Crippen molar-refractivity contribution in [2.45, 2.75) is 19.0 Å². The van der Waals surface area contributed by atoms with Crippen molar-refractivity contribution in [1.29, 1.82) is 0 Å².